The van der Waals surface area contributed by atoms with Crippen molar-refractivity contribution in [3.8, 4) is 5.75 Å². The molecule has 3 aromatic carbocycles. The Labute approximate surface area is 200 Å². The Morgan fingerprint density at radius 3 is 2.31 bits per heavy atom. The first-order chi connectivity index (χ1) is 17.0. The van der Waals surface area contributed by atoms with Crippen LogP contribution < -0.4 is 9.64 Å². The Balaban J connectivity index is 1.47. The fourth-order valence-corrected chi connectivity index (χ4v) is 5.44. The number of imide groups is 1. The maximum Gasteiger partial charge on any atom is 0.240 e. The van der Waals surface area contributed by atoms with E-state index in [-0.39, 0.29) is 11.5 Å². The van der Waals surface area contributed by atoms with Crippen molar-refractivity contribution in [1.82, 2.24) is 5.01 Å². The average molecular weight is 469 g/mol. The molecule has 0 aliphatic carbocycles. The summed E-state index contributed by atoms with van der Waals surface area (Å²) in [7, 11) is 1.54. The molecule has 6 rings (SSSR count). The van der Waals surface area contributed by atoms with Crippen LogP contribution in [-0.4, -0.2) is 42.0 Å². The van der Waals surface area contributed by atoms with Gasteiger partial charge in [-0.25, -0.2) is 9.29 Å². The average Bonchev–Trinajstić information content (AvgIpc) is 3.37. The Bertz CT molecular complexity index is 1390. The highest BCUT2D eigenvalue weighted by atomic mass is 19.1. The zero-order valence-corrected chi connectivity index (χ0v) is 18.7. The van der Waals surface area contributed by atoms with Gasteiger partial charge < -0.3 is 4.74 Å². The minimum absolute atomic E-state index is 0.283. The number of anilines is 1. The fourth-order valence-electron chi connectivity index (χ4n) is 5.44. The maximum atomic E-state index is 13.8. The number of amides is 2. The van der Waals surface area contributed by atoms with Gasteiger partial charge in [0.05, 0.1) is 36.9 Å². The molecule has 3 aromatic rings. The molecule has 0 N–H and O–H groups in total. The van der Waals surface area contributed by atoms with Crippen LogP contribution in [0.2, 0.25) is 0 Å². The van der Waals surface area contributed by atoms with Gasteiger partial charge in [-0.3, -0.25) is 19.4 Å². The number of ketones is 1. The van der Waals surface area contributed by atoms with E-state index in [1.807, 2.05) is 24.3 Å². The van der Waals surface area contributed by atoms with Gasteiger partial charge in [0, 0.05) is 5.56 Å². The van der Waals surface area contributed by atoms with Crippen molar-refractivity contribution in [2.45, 2.75) is 12.1 Å². The van der Waals surface area contributed by atoms with E-state index < -0.39 is 41.6 Å². The first-order valence-corrected chi connectivity index (χ1v) is 11.2. The Kier molecular flexibility index (Phi) is 4.77. The highest BCUT2D eigenvalue weighted by molar-refractivity contribution is 6.24. The van der Waals surface area contributed by atoms with Crippen molar-refractivity contribution < 1.29 is 23.5 Å². The molecule has 3 aliphatic rings. The van der Waals surface area contributed by atoms with Crippen molar-refractivity contribution in [2.75, 3.05) is 12.0 Å². The Hall–Kier alpha value is -4.33. The smallest absolute Gasteiger partial charge is 0.240 e. The molecule has 3 heterocycles. The number of Topliss-reactive ketones (excluding diaryl/α,β-unsaturated/α-hetero) is 1. The second kappa shape index (κ2) is 7.87. The number of fused-ring (bicyclic) bond motifs is 5. The molecular weight excluding hydrogens is 449 g/mol. The molecule has 174 valence electrons. The number of hydrogen-bond acceptors (Lipinski definition) is 6. The third-order valence-electron chi connectivity index (χ3n) is 7.02. The van der Waals surface area contributed by atoms with E-state index in [1.54, 1.807) is 35.5 Å². The lowest BCUT2D eigenvalue weighted by molar-refractivity contribution is -0.124. The molecule has 8 heteroatoms. The summed E-state index contributed by atoms with van der Waals surface area (Å²) in [6.07, 6.45) is 1.66. The minimum Gasteiger partial charge on any atom is -0.497 e. The first-order valence-electron chi connectivity index (χ1n) is 11.2. The number of nitrogens with zero attached hydrogens (tertiary/aromatic N) is 3. The third kappa shape index (κ3) is 3.10. The Morgan fingerprint density at radius 2 is 1.60 bits per heavy atom. The summed E-state index contributed by atoms with van der Waals surface area (Å²) in [6.45, 7) is 0. The number of rotatable bonds is 4. The fraction of sp³-hybridized carbons (Fsp3) is 0.185. The van der Waals surface area contributed by atoms with E-state index in [2.05, 4.69) is 5.10 Å². The predicted octanol–water partition coefficient (Wildman–Crippen LogP) is 3.60. The second-order valence-electron chi connectivity index (χ2n) is 8.78. The van der Waals surface area contributed by atoms with E-state index in [0.29, 0.717) is 11.3 Å². The van der Waals surface area contributed by atoms with Crippen molar-refractivity contribution in [3.05, 3.63) is 95.3 Å². The van der Waals surface area contributed by atoms with Gasteiger partial charge in [0.1, 0.15) is 17.6 Å². The molecule has 0 radical (unpaired) electrons. The minimum atomic E-state index is -0.968. The molecule has 0 spiro atoms. The summed E-state index contributed by atoms with van der Waals surface area (Å²) in [5, 5.41) is 6.16. The number of ether oxygens (including phenoxy) is 1. The van der Waals surface area contributed by atoms with Crippen LogP contribution in [0.5, 0.6) is 5.75 Å². The molecule has 4 atom stereocenters. The molecule has 0 saturated carbocycles. The summed E-state index contributed by atoms with van der Waals surface area (Å²) in [5.74, 6) is -2.82. The first kappa shape index (κ1) is 21.2. The van der Waals surface area contributed by atoms with Crippen LogP contribution in [-0.2, 0) is 9.59 Å². The van der Waals surface area contributed by atoms with Crippen LogP contribution in [0.15, 0.2) is 77.9 Å². The molecule has 0 aromatic heterocycles. The van der Waals surface area contributed by atoms with Crippen molar-refractivity contribution >= 4 is 29.5 Å². The van der Waals surface area contributed by atoms with Gasteiger partial charge in [0.15, 0.2) is 5.78 Å². The van der Waals surface area contributed by atoms with Crippen LogP contribution in [0.3, 0.4) is 0 Å². The molecular formula is C27H20FN3O4. The number of hydrazone groups is 1. The Morgan fingerprint density at radius 1 is 0.914 bits per heavy atom. The van der Waals surface area contributed by atoms with Crippen molar-refractivity contribution in [2.24, 2.45) is 16.9 Å². The lowest BCUT2D eigenvalue weighted by Crippen LogP contribution is -2.44. The number of halogens is 1. The van der Waals surface area contributed by atoms with Gasteiger partial charge >= 0.3 is 0 Å². The highest BCUT2D eigenvalue weighted by Crippen LogP contribution is 2.53. The number of hydrogen-bond donors (Lipinski definition) is 0. The molecule has 0 unspecified atom stereocenters. The summed E-state index contributed by atoms with van der Waals surface area (Å²) >= 11 is 0. The molecule has 35 heavy (non-hydrogen) atoms. The normalized spacial score (nSPS) is 24.3. The molecule has 2 fully saturated rings. The second-order valence-corrected chi connectivity index (χ2v) is 8.78. The van der Waals surface area contributed by atoms with Gasteiger partial charge in [0.25, 0.3) is 0 Å². The quantitative estimate of drug-likeness (QED) is 0.431. The van der Waals surface area contributed by atoms with Crippen LogP contribution in [0.25, 0.3) is 0 Å². The number of benzene rings is 3. The lowest BCUT2D eigenvalue weighted by atomic mass is 9.83. The van der Waals surface area contributed by atoms with Gasteiger partial charge in [0.2, 0.25) is 11.8 Å². The van der Waals surface area contributed by atoms with Gasteiger partial charge in [-0.2, -0.15) is 5.10 Å². The summed E-state index contributed by atoms with van der Waals surface area (Å²) in [6, 6.07) is 17.8. The van der Waals surface area contributed by atoms with Crippen LogP contribution in [0.1, 0.15) is 27.5 Å². The van der Waals surface area contributed by atoms with E-state index in [4.69, 9.17) is 4.74 Å². The summed E-state index contributed by atoms with van der Waals surface area (Å²) < 4.78 is 18.7. The van der Waals surface area contributed by atoms with E-state index in [9.17, 15) is 18.8 Å². The van der Waals surface area contributed by atoms with Gasteiger partial charge in [-0.15, -0.1) is 0 Å². The van der Waals surface area contributed by atoms with Crippen molar-refractivity contribution in [1.29, 1.82) is 0 Å². The van der Waals surface area contributed by atoms with E-state index in [0.717, 1.165) is 16.0 Å². The number of carbonyl (C=O) groups is 3. The molecule has 2 amide bonds. The zero-order chi connectivity index (χ0) is 24.3. The monoisotopic (exact) mass is 469 g/mol. The molecule has 2 saturated heterocycles. The van der Waals surface area contributed by atoms with Crippen molar-refractivity contribution in [3.63, 3.8) is 0 Å². The van der Waals surface area contributed by atoms with Crippen LogP contribution >= 0.6 is 0 Å². The van der Waals surface area contributed by atoms with Gasteiger partial charge in [-0.1, -0.05) is 24.3 Å². The SMILES string of the molecule is COc1ccc(C(=O)[C@H]2[C@H]3C(=O)N(c4ccc(F)cc4)C(=O)[C@H]3[C@H]3c4ccccc4C=NN32)cc1. The largest absolute Gasteiger partial charge is 0.497 e. The van der Waals surface area contributed by atoms with Gasteiger partial charge in [-0.05, 0) is 59.7 Å². The predicted molar refractivity (Wildman–Crippen MR) is 126 cm³/mol. The molecule has 7 nitrogen and oxygen atoms in total. The summed E-state index contributed by atoms with van der Waals surface area (Å²) in [4.78, 5) is 42.4. The lowest BCUT2D eigenvalue weighted by Gasteiger charge is -2.33. The highest BCUT2D eigenvalue weighted by Gasteiger charge is 2.65. The standard InChI is InChI=1S/C27H20FN3O4/c1-35-19-12-6-15(7-13-19)25(32)24-22-21(23-20-5-3-2-4-16(20)14-29-31(23)24)26(33)30(27(22)34)18-10-8-17(28)9-11-18/h2-14,21-24H,1H3/t21-,22+,23-,24-/m1/s1. The van der Waals surface area contributed by atoms with Crippen LogP contribution in [0, 0.1) is 17.7 Å². The van der Waals surface area contributed by atoms with E-state index in [1.165, 1.54) is 31.4 Å². The van der Waals surface area contributed by atoms with Crippen LogP contribution in [0.4, 0.5) is 10.1 Å². The zero-order valence-electron chi connectivity index (χ0n) is 18.7. The number of carbonyl (C=O) groups excluding carboxylic acids is 3. The topological polar surface area (TPSA) is 79.3 Å². The van der Waals surface area contributed by atoms with E-state index >= 15 is 0 Å². The molecule has 0 bridgehead atoms. The third-order valence-corrected chi connectivity index (χ3v) is 7.02. The molecule has 3 aliphatic heterocycles. The summed E-state index contributed by atoms with van der Waals surface area (Å²) in [5.41, 5.74) is 2.35. The number of methoxy groups -OCH3 is 1. The maximum absolute atomic E-state index is 13.8.